The van der Waals surface area contributed by atoms with Crippen LogP contribution in [0.3, 0.4) is 0 Å². The molecule has 4 nitrogen and oxygen atoms in total. The molecular formula is C8H18N2O2. The molecule has 0 aromatic rings. The van der Waals surface area contributed by atoms with E-state index < -0.39 is 5.54 Å². The van der Waals surface area contributed by atoms with E-state index in [1.165, 1.54) is 0 Å². The van der Waals surface area contributed by atoms with Crippen LogP contribution in [0.25, 0.3) is 0 Å². The predicted molar refractivity (Wildman–Crippen MR) is 47.6 cm³/mol. The smallest absolute Gasteiger partial charge is 0.239 e. The Kier molecular flexibility index (Phi) is 4.20. The minimum absolute atomic E-state index is 0.0433. The molecule has 0 bridgehead atoms. The highest BCUT2D eigenvalue weighted by Gasteiger charge is 2.23. The summed E-state index contributed by atoms with van der Waals surface area (Å²) in [6.45, 7) is 5.11. The van der Waals surface area contributed by atoms with E-state index in [0.29, 0.717) is 6.42 Å². The van der Waals surface area contributed by atoms with Crippen LogP contribution in [-0.4, -0.2) is 29.2 Å². The second-order valence-corrected chi connectivity index (χ2v) is 3.48. The lowest BCUT2D eigenvalue weighted by Crippen LogP contribution is -2.52. The van der Waals surface area contributed by atoms with Crippen LogP contribution in [0.15, 0.2) is 0 Å². The molecular weight excluding hydrogens is 156 g/mol. The first kappa shape index (κ1) is 11.4. The zero-order valence-corrected chi connectivity index (χ0v) is 7.92. The Labute approximate surface area is 73.1 Å². The van der Waals surface area contributed by atoms with Crippen molar-refractivity contribution in [2.45, 2.75) is 38.8 Å². The molecule has 0 aromatic heterocycles. The molecule has 4 heteroatoms. The fraction of sp³-hybridized carbons (Fsp3) is 0.875. The first-order valence-corrected chi connectivity index (χ1v) is 4.12. The Bertz CT molecular complexity index is 148. The molecule has 0 fully saturated rings. The Balaban J connectivity index is 3.99. The van der Waals surface area contributed by atoms with Crippen molar-refractivity contribution < 1.29 is 9.90 Å². The number of aliphatic hydroxyl groups excluding tert-OH is 1. The largest absolute Gasteiger partial charge is 0.394 e. The number of hydrogen-bond acceptors (Lipinski definition) is 3. The molecule has 72 valence electrons. The number of nitrogens with one attached hydrogen (secondary N) is 1. The molecule has 0 rings (SSSR count). The van der Waals surface area contributed by atoms with Gasteiger partial charge in [-0.05, 0) is 20.3 Å². The molecule has 0 unspecified atom stereocenters. The third kappa shape index (κ3) is 3.69. The second-order valence-electron chi connectivity index (χ2n) is 3.48. The highest BCUT2D eigenvalue weighted by molar-refractivity contribution is 5.85. The molecule has 0 radical (unpaired) electrons. The SMILES string of the molecule is CC[C@@H](CO)NC(=O)C(C)(C)N. The zero-order valence-electron chi connectivity index (χ0n) is 7.92. The van der Waals surface area contributed by atoms with E-state index in [0.717, 1.165) is 0 Å². The first-order chi connectivity index (χ1) is 5.41. The van der Waals surface area contributed by atoms with Gasteiger partial charge < -0.3 is 16.2 Å². The van der Waals surface area contributed by atoms with E-state index in [1.807, 2.05) is 6.92 Å². The Hall–Kier alpha value is -0.610. The second kappa shape index (κ2) is 4.42. The number of rotatable bonds is 4. The van der Waals surface area contributed by atoms with Gasteiger partial charge in [0.2, 0.25) is 5.91 Å². The average Bonchev–Trinajstić information content (AvgIpc) is 1.97. The van der Waals surface area contributed by atoms with Gasteiger partial charge in [-0.2, -0.15) is 0 Å². The standard InChI is InChI=1S/C8H18N2O2/c1-4-6(5-11)10-7(12)8(2,3)9/h6,11H,4-5,9H2,1-3H3,(H,10,12)/t6-/m0/s1. The van der Waals surface area contributed by atoms with Gasteiger partial charge in [0.25, 0.3) is 0 Å². The molecule has 1 amide bonds. The van der Waals surface area contributed by atoms with Crippen LogP contribution in [0, 0.1) is 0 Å². The average molecular weight is 174 g/mol. The summed E-state index contributed by atoms with van der Waals surface area (Å²) in [4.78, 5) is 11.2. The van der Waals surface area contributed by atoms with Crippen molar-refractivity contribution in [2.75, 3.05) is 6.61 Å². The van der Waals surface area contributed by atoms with Gasteiger partial charge in [-0.25, -0.2) is 0 Å². The molecule has 0 saturated carbocycles. The van der Waals surface area contributed by atoms with E-state index in [4.69, 9.17) is 10.8 Å². The van der Waals surface area contributed by atoms with Gasteiger partial charge in [0.1, 0.15) is 0 Å². The van der Waals surface area contributed by atoms with Crippen molar-refractivity contribution in [3.63, 3.8) is 0 Å². The van der Waals surface area contributed by atoms with Gasteiger partial charge in [0, 0.05) is 0 Å². The Morgan fingerprint density at radius 1 is 1.67 bits per heavy atom. The molecule has 4 N–H and O–H groups in total. The van der Waals surface area contributed by atoms with Gasteiger partial charge in [0.15, 0.2) is 0 Å². The maximum atomic E-state index is 11.2. The van der Waals surface area contributed by atoms with Gasteiger partial charge in [-0.1, -0.05) is 6.92 Å². The van der Waals surface area contributed by atoms with Crippen LogP contribution in [-0.2, 0) is 4.79 Å². The summed E-state index contributed by atoms with van der Waals surface area (Å²) in [5.74, 6) is -0.233. The summed E-state index contributed by atoms with van der Waals surface area (Å²) in [6, 6.07) is -0.180. The normalized spacial score (nSPS) is 14.1. The molecule has 0 saturated heterocycles. The summed E-state index contributed by atoms with van der Waals surface area (Å²) < 4.78 is 0. The van der Waals surface area contributed by atoms with Crippen molar-refractivity contribution in [3.8, 4) is 0 Å². The number of carbonyl (C=O) groups is 1. The molecule has 0 aliphatic carbocycles. The summed E-state index contributed by atoms with van der Waals surface area (Å²) in [6.07, 6.45) is 0.707. The third-order valence-corrected chi connectivity index (χ3v) is 1.63. The predicted octanol–water partition coefficient (Wildman–Crippen LogP) is -0.389. The van der Waals surface area contributed by atoms with Crippen molar-refractivity contribution >= 4 is 5.91 Å². The lowest BCUT2D eigenvalue weighted by atomic mass is 10.1. The Morgan fingerprint density at radius 2 is 2.17 bits per heavy atom. The lowest BCUT2D eigenvalue weighted by molar-refractivity contribution is -0.126. The molecule has 1 atom stereocenters. The maximum absolute atomic E-state index is 11.2. The van der Waals surface area contributed by atoms with Crippen LogP contribution in [0.4, 0.5) is 0 Å². The van der Waals surface area contributed by atoms with Gasteiger partial charge in [-0.15, -0.1) is 0 Å². The lowest BCUT2D eigenvalue weighted by Gasteiger charge is -2.22. The quantitative estimate of drug-likeness (QED) is 0.543. The van der Waals surface area contributed by atoms with Crippen molar-refractivity contribution in [1.29, 1.82) is 0 Å². The first-order valence-electron chi connectivity index (χ1n) is 4.12. The number of aliphatic hydroxyl groups is 1. The van der Waals surface area contributed by atoms with Gasteiger partial charge in [0.05, 0.1) is 18.2 Å². The minimum Gasteiger partial charge on any atom is -0.394 e. The van der Waals surface area contributed by atoms with Crippen LogP contribution < -0.4 is 11.1 Å². The molecule has 0 heterocycles. The highest BCUT2D eigenvalue weighted by Crippen LogP contribution is 1.98. The summed E-state index contributed by atoms with van der Waals surface area (Å²) in [5, 5.41) is 11.4. The summed E-state index contributed by atoms with van der Waals surface area (Å²) >= 11 is 0. The zero-order chi connectivity index (χ0) is 9.78. The number of hydrogen-bond donors (Lipinski definition) is 3. The maximum Gasteiger partial charge on any atom is 0.239 e. The van der Waals surface area contributed by atoms with E-state index in [2.05, 4.69) is 5.32 Å². The van der Waals surface area contributed by atoms with Crippen molar-refractivity contribution in [1.82, 2.24) is 5.32 Å². The van der Waals surface area contributed by atoms with Crippen LogP contribution in [0.5, 0.6) is 0 Å². The monoisotopic (exact) mass is 174 g/mol. The molecule has 0 aromatic carbocycles. The number of amides is 1. The van der Waals surface area contributed by atoms with Crippen LogP contribution in [0.2, 0.25) is 0 Å². The van der Waals surface area contributed by atoms with E-state index >= 15 is 0 Å². The van der Waals surface area contributed by atoms with Crippen LogP contribution in [0.1, 0.15) is 27.2 Å². The fourth-order valence-corrected chi connectivity index (χ4v) is 0.648. The number of carbonyl (C=O) groups excluding carboxylic acids is 1. The fourth-order valence-electron chi connectivity index (χ4n) is 0.648. The van der Waals surface area contributed by atoms with E-state index in [9.17, 15) is 4.79 Å². The highest BCUT2D eigenvalue weighted by atomic mass is 16.3. The molecule has 0 spiro atoms. The molecule has 12 heavy (non-hydrogen) atoms. The Morgan fingerprint density at radius 3 is 2.42 bits per heavy atom. The van der Waals surface area contributed by atoms with Crippen molar-refractivity contribution in [2.24, 2.45) is 5.73 Å². The van der Waals surface area contributed by atoms with Gasteiger partial charge in [-0.3, -0.25) is 4.79 Å². The van der Waals surface area contributed by atoms with E-state index in [1.54, 1.807) is 13.8 Å². The van der Waals surface area contributed by atoms with Crippen molar-refractivity contribution in [3.05, 3.63) is 0 Å². The van der Waals surface area contributed by atoms with Crippen LogP contribution >= 0.6 is 0 Å². The molecule has 0 aliphatic heterocycles. The topological polar surface area (TPSA) is 75.3 Å². The summed E-state index contributed by atoms with van der Waals surface area (Å²) in [5.41, 5.74) is 4.67. The minimum atomic E-state index is -0.872. The molecule has 0 aliphatic rings. The van der Waals surface area contributed by atoms with E-state index in [-0.39, 0.29) is 18.6 Å². The number of nitrogens with two attached hydrogens (primary N) is 1. The third-order valence-electron chi connectivity index (χ3n) is 1.63. The van der Waals surface area contributed by atoms with Gasteiger partial charge >= 0.3 is 0 Å². The summed E-state index contributed by atoms with van der Waals surface area (Å²) in [7, 11) is 0.